The fourth-order valence-corrected chi connectivity index (χ4v) is 3.08. The van der Waals surface area contributed by atoms with Crippen LogP contribution < -0.4 is 5.32 Å². The average Bonchev–Trinajstić information content (AvgIpc) is 3.13. The van der Waals surface area contributed by atoms with Crippen LogP contribution in [0.25, 0.3) is 11.0 Å². The van der Waals surface area contributed by atoms with Crippen LogP contribution in [0.4, 0.5) is 19.0 Å². The first kappa shape index (κ1) is 17.0. The van der Waals surface area contributed by atoms with E-state index in [1.807, 2.05) is 0 Å². The number of likely N-dealkylation sites (tertiary alicyclic amines) is 1. The zero-order valence-electron chi connectivity index (χ0n) is 13.7. The number of fused-ring (bicyclic) bond motifs is 1. The largest absolute Gasteiger partial charge is 0.451 e. The number of halogens is 3. The molecular formula is C16H22F3N5. The minimum absolute atomic E-state index is 0.217. The quantitative estimate of drug-likeness (QED) is 0.789. The van der Waals surface area contributed by atoms with E-state index in [2.05, 4.69) is 25.2 Å². The van der Waals surface area contributed by atoms with E-state index in [-0.39, 0.29) is 11.5 Å². The zero-order valence-corrected chi connectivity index (χ0v) is 13.7. The van der Waals surface area contributed by atoms with E-state index >= 15 is 0 Å². The Balaban J connectivity index is 1.64. The normalized spacial score (nSPS) is 16.2. The molecular weight excluding hydrogens is 319 g/mol. The molecule has 24 heavy (non-hydrogen) atoms. The third kappa shape index (κ3) is 3.98. The van der Waals surface area contributed by atoms with E-state index < -0.39 is 12.0 Å². The highest BCUT2D eigenvalue weighted by Gasteiger charge is 2.35. The van der Waals surface area contributed by atoms with Gasteiger partial charge in [-0.1, -0.05) is 0 Å². The molecule has 0 unspecified atom stereocenters. The van der Waals surface area contributed by atoms with Crippen LogP contribution in [0.3, 0.4) is 0 Å². The summed E-state index contributed by atoms with van der Waals surface area (Å²) < 4.78 is 38.8. The molecule has 5 nitrogen and oxygen atoms in total. The predicted molar refractivity (Wildman–Crippen MR) is 87.0 cm³/mol. The maximum atomic E-state index is 12.9. The second-order valence-corrected chi connectivity index (χ2v) is 6.29. The molecule has 1 fully saturated rings. The lowest BCUT2D eigenvalue weighted by molar-refractivity contribution is -0.144. The molecule has 0 radical (unpaired) electrons. The van der Waals surface area contributed by atoms with Gasteiger partial charge in [0.25, 0.3) is 0 Å². The van der Waals surface area contributed by atoms with Crippen LogP contribution in [0.5, 0.6) is 0 Å². The number of nitrogens with one attached hydrogen (secondary N) is 2. The van der Waals surface area contributed by atoms with Gasteiger partial charge in [0, 0.05) is 12.2 Å². The van der Waals surface area contributed by atoms with E-state index in [0.717, 1.165) is 38.2 Å². The summed E-state index contributed by atoms with van der Waals surface area (Å²) in [4.78, 5) is 12.6. The van der Waals surface area contributed by atoms with Crippen molar-refractivity contribution in [1.29, 1.82) is 0 Å². The van der Waals surface area contributed by atoms with Gasteiger partial charge >= 0.3 is 6.18 Å². The third-order valence-corrected chi connectivity index (χ3v) is 4.27. The average molecular weight is 341 g/mol. The number of hydrogen-bond donors (Lipinski definition) is 2. The highest BCUT2D eigenvalue weighted by Crippen LogP contribution is 2.30. The van der Waals surface area contributed by atoms with Gasteiger partial charge in [0.1, 0.15) is 11.5 Å². The minimum Gasteiger partial charge on any atom is -0.369 e. The number of hydrogen-bond acceptors (Lipinski definition) is 4. The Morgan fingerprint density at radius 1 is 1.21 bits per heavy atom. The van der Waals surface area contributed by atoms with Crippen molar-refractivity contribution in [1.82, 2.24) is 19.9 Å². The molecule has 3 rings (SSSR count). The van der Waals surface area contributed by atoms with Gasteiger partial charge in [-0.2, -0.15) is 13.2 Å². The molecule has 0 spiro atoms. The molecule has 0 aliphatic carbocycles. The highest BCUT2D eigenvalue weighted by molar-refractivity contribution is 5.87. The van der Waals surface area contributed by atoms with Crippen LogP contribution in [0.1, 0.15) is 37.2 Å². The Hall–Kier alpha value is -1.83. The maximum Gasteiger partial charge on any atom is 0.451 e. The van der Waals surface area contributed by atoms with Crippen LogP contribution in [-0.4, -0.2) is 46.0 Å². The fraction of sp³-hybridized carbons (Fsp3) is 0.625. The number of aromatic nitrogens is 3. The zero-order chi connectivity index (χ0) is 17.2. The molecule has 0 saturated carbocycles. The number of alkyl halides is 3. The Morgan fingerprint density at radius 3 is 2.67 bits per heavy atom. The van der Waals surface area contributed by atoms with Crippen molar-refractivity contribution in [3.8, 4) is 0 Å². The molecule has 1 saturated heterocycles. The molecule has 8 heteroatoms. The monoisotopic (exact) mass is 341 g/mol. The number of nitrogens with zero attached hydrogens (tertiary/aromatic N) is 3. The van der Waals surface area contributed by atoms with Gasteiger partial charge in [0.2, 0.25) is 5.82 Å². The molecule has 0 amide bonds. The first-order valence-corrected chi connectivity index (χ1v) is 8.34. The van der Waals surface area contributed by atoms with Gasteiger partial charge in [-0.15, -0.1) is 0 Å². The van der Waals surface area contributed by atoms with Crippen LogP contribution >= 0.6 is 0 Å². The number of unbranched alkanes of at least 4 members (excludes halogenated alkanes) is 1. The summed E-state index contributed by atoms with van der Waals surface area (Å²) in [5.74, 6) is -0.866. The fourth-order valence-electron chi connectivity index (χ4n) is 3.08. The van der Waals surface area contributed by atoms with Gasteiger partial charge < -0.3 is 15.2 Å². The molecule has 1 aliphatic heterocycles. The van der Waals surface area contributed by atoms with Crippen molar-refractivity contribution in [2.45, 2.75) is 38.8 Å². The van der Waals surface area contributed by atoms with Crippen molar-refractivity contribution in [2.75, 3.05) is 31.5 Å². The Kier molecular flexibility index (Phi) is 4.93. The van der Waals surface area contributed by atoms with Crippen molar-refractivity contribution < 1.29 is 13.2 Å². The summed E-state index contributed by atoms with van der Waals surface area (Å²) in [5, 5.41) is 3.65. The van der Waals surface area contributed by atoms with Crippen LogP contribution in [-0.2, 0) is 6.18 Å². The molecule has 0 bridgehead atoms. The predicted octanol–water partition coefficient (Wildman–Crippen LogP) is 3.57. The topological polar surface area (TPSA) is 56.8 Å². The molecule has 132 valence electrons. The van der Waals surface area contributed by atoms with Gasteiger partial charge in [-0.3, -0.25) is 0 Å². The number of aryl methyl sites for hydroxylation is 1. The standard InChI is InChI=1S/C16H22F3N5/c1-11-10-12-13(20-6-2-3-7-24-8-4-5-9-24)22-15(16(17,18)19)23-14(12)21-11/h10H,2-9H2,1H3,(H2,20,21,22,23). The molecule has 0 atom stereocenters. The molecule has 0 aromatic carbocycles. The number of aromatic amines is 1. The van der Waals surface area contributed by atoms with Crippen LogP contribution in [0, 0.1) is 6.92 Å². The van der Waals surface area contributed by atoms with Gasteiger partial charge in [-0.25, -0.2) is 9.97 Å². The van der Waals surface area contributed by atoms with Crippen molar-refractivity contribution >= 4 is 16.9 Å². The smallest absolute Gasteiger partial charge is 0.369 e. The first-order valence-electron chi connectivity index (χ1n) is 8.34. The molecule has 2 N–H and O–H groups in total. The second-order valence-electron chi connectivity index (χ2n) is 6.29. The number of rotatable bonds is 6. The van der Waals surface area contributed by atoms with E-state index in [9.17, 15) is 13.2 Å². The second kappa shape index (κ2) is 6.96. The van der Waals surface area contributed by atoms with E-state index in [1.165, 1.54) is 12.8 Å². The maximum absolute atomic E-state index is 12.9. The number of H-pyrrole nitrogens is 1. The minimum atomic E-state index is -4.56. The van der Waals surface area contributed by atoms with Crippen LogP contribution in [0.15, 0.2) is 6.07 Å². The summed E-state index contributed by atoms with van der Waals surface area (Å²) in [6.45, 7) is 5.77. The summed E-state index contributed by atoms with van der Waals surface area (Å²) in [7, 11) is 0. The Morgan fingerprint density at radius 2 is 1.96 bits per heavy atom. The summed E-state index contributed by atoms with van der Waals surface area (Å²) >= 11 is 0. The van der Waals surface area contributed by atoms with E-state index in [1.54, 1.807) is 13.0 Å². The first-order chi connectivity index (χ1) is 11.4. The summed E-state index contributed by atoms with van der Waals surface area (Å²) in [6.07, 6.45) is -0.0971. The summed E-state index contributed by atoms with van der Waals surface area (Å²) in [5.41, 5.74) is 0.977. The highest BCUT2D eigenvalue weighted by atomic mass is 19.4. The molecule has 2 aromatic rings. The molecule has 2 aromatic heterocycles. The molecule has 1 aliphatic rings. The lowest BCUT2D eigenvalue weighted by Crippen LogP contribution is -2.21. The van der Waals surface area contributed by atoms with Crippen LogP contribution in [0.2, 0.25) is 0 Å². The van der Waals surface area contributed by atoms with E-state index in [4.69, 9.17) is 0 Å². The van der Waals surface area contributed by atoms with Gasteiger partial charge in [-0.05, 0) is 58.3 Å². The summed E-state index contributed by atoms with van der Waals surface area (Å²) in [6, 6.07) is 1.77. The van der Waals surface area contributed by atoms with E-state index in [0.29, 0.717) is 11.9 Å². The van der Waals surface area contributed by atoms with Crippen molar-refractivity contribution in [2.24, 2.45) is 0 Å². The molecule has 3 heterocycles. The third-order valence-electron chi connectivity index (χ3n) is 4.27. The van der Waals surface area contributed by atoms with Crippen molar-refractivity contribution in [3.63, 3.8) is 0 Å². The lowest BCUT2D eigenvalue weighted by atomic mass is 10.3. The lowest BCUT2D eigenvalue weighted by Gasteiger charge is -2.14. The number of anilines is 1. The van der Waals surface area contributed by atoms with Gasteiger partial charge in [0.15, 0.2) is 0 Å². The Labute approximate surface area is 138 Å². The SMILES string of the molecule is Cc1cc2c(NCCCCN3CCCC3)nc(C(F)(F)F)nc2[nH]1. The Bertz CT molecular complexity index is 689. The van der Waals surface area contributed by atoms with Gasteiger partial charge in [0.05, 0.1) is 5.39 Å². The van der Waals surface area contributed by atoms with Crippen molar-refractivity contribution in [3.05, 3.63) is 17.6 Å².